The number of carbonyl (C=O) groups is 1. The third-order valence-corrected chi connectivity index (χ3v) is 4.38. The SMILES string of the molecule is NC(=O)c1cc(F)c(Br)c2c3c([nH]c12)CCC(F)(F)C3. The maximum absolute atomic E-state index is 13.9. The molecular weight excluding hydrogens is 337 g/mol. The first-order chi connectivity index (χ1) is 9.30. The van der Waals surface area contributed by atoms with Crippen LogP contribution in [-0.2, 0) is 12.8 Å². The minimum Gasteiger partial charge on any atom is -0.366 e. The molecular formula is C13H10BrF3N2O. The Morgan fingerprint density at radius 2 is 2.15 bits per heavy atom. The van der Waals surface area contributed by atoms with E-state index < -0.39 is 24.1 Å². The Morgan fingerprint density at radius 3 is 2.80 bits per heavy atom. The molecule has 0 radical (unpaired) electrons. The van der Waals surface area contributed by atoms with Crippen molar-refractivity contribution < 1.29 is 18.0 Å². The number of carbonyl (C=O) groups excluding carboxylic acids is 1. The minimum atomic E-state index is -2.82. The number of alkyl halides is 2. The Bertz CT molecular complexity index is 739. The van der Waals surface area contributed by atoms with Crippen molar-refractivity contribution in [1.29, 1.82) is 0 Å². The van der Waals surface area contributed by atoms with Gasteiger partial charge in [0.1, 0.15) is 5.82 Å². The summed E-state index contributed by atoms with van der Waals surface area (Å²) in [4.78, 5) is 14.3. The number of hydrogen-bond acceptors (Lipinski definition) is 1. The van der Waals surface area contributed by atoms with Gasteiger partial charge in [-0.25, -0.2) is 13.2 Å². The van der Waals surface area contributed by atoms with Crippen molar-refractivity contribution in [3.05, 3.63) is 33.2 Å². The number of nitrogens with two attached hydrogens (primary N) is 1. The van der Waals surface area contributed by atoms with Gasteiger partial charge < -0.3 is 10.7 Å². The lowest BCUT2D eigenvalue weighted by Crippen LogP contribution is -2.25. The highest BCUT2D eigenvalue weighted by Crippen LogP contribution is 2.41. The molecule has 106 valence electrons. The highest BCUT2D eigenvalue weighted by atomic mass is 79.9. The first-order valence-electron chi connectivity index (χ1n) is 5.99. The molecule has 1 aromatic heterocycles. The average molecular weight is 347 g/mol. The number of aryl methyl sites for hydroxylation is 1. The summed E-state index contributed by atoms with van der Waals surface area (Å²) in [7, 11) is 0. The number of primary amides is 1. The van der Waals surface area contributed by atoms with Crippen LogP contribution in [0.3, 0.4) is 0 Å². The van der Waals surface area contributed by atoms with Gasteiger partial charge in [-0.2, -0.15) is 0 Å². The Kier molecular flexibility index (Phi) is 2.86. The van der Waals surface area contributed by atoms with E-state index in [0.29, 0.717) is 16.8 Å². The van der Waals surface area contributed by atoms with Crippen LogP contribution in [0.4, 0.5) is 13.2 Å². The largest absolute Gasteiger partial charge is 0.366 e. The lowest BCUT2D eigenvalue weighted by Gasteiger charge is -2.22. The zero-order valence-corrected chi connectivity index (χ0v) is 11.8. The summed E-state index contributed by atoms with van der Waals surface area (Å²) in [5.41, 5.74) is 6.47. The van der Waals surface area contributed by atoms with Crippen molar-refractivity contribution >= 4 is 32.7 Å². The molecule has 0 fully saturated rings. The van der Waals surface area contributed by atoms with Gasteiger partial charge >= 0.3 is 0 Å². The summed E-state index contributed by atoms with van der Waals surface area (Å²) in [6, 6.07) is 1.01. The van der Waals surface area contributed by atoms with Crippen LogP contribution in [0.15, 0.2) is 10.5 Å². The van der Waals surface area contributed by atoms with Crippen molar-refractivity contribution in [2.24, 2.45) is 5.73 Å². The van der Waals surface area contributed by atoms with E-state index in [1.165, 1.54) is 0 Å². The van der Waals surface area contributed by atoms with Crippen LogP contribution in [-0.4, -0.2) is 16.8 Å². The second-order valence-electron chi connectivity index (χ2n) is 4.95. The number of aromatic amines is 1. The van der Waals surface area contributed by atoms with E-state index in [0.717, 1.165) is 6.07 Å². The van der Waals surface area contributed by atoms with E-state index in [9.17, 15) is 18.0 Å². The monoisotopic (exact) mass is 346 g/mol. The molecule has 1 aromatic carbocycles. The molecule has 0 aliphatic heterocycles. The minimum absolute atomic E-state index is 0.0292. The molecule has 2 aromatic rings. The van der Waals surface area contributed by atoms with E-state index in [1.807, 2.05) is 0 Å². The molecule has 1 amide bonds. The second kappa shape index (κ2) is 4.25. The van der Waals surface area contributed by atoms with E-state index in [4.69, 9.17) is 5.73 Å². The van der Waals surface area contributed by atoms with Gasteiger partial charge in [-0.05, 0) is 34.0 Å². The average Bonchev–Trinajstić information content (AvgIpc) is 2.70. The Morgan fingerprint density at radius 1 is 1.45 bits per heavy atom. The van der Waals surface area contributed by atoms with Crippen LogP contribution < -0.4 is 5.73 Å². The number of rotatable bonds is 1. The number of H-pyrrole nitrogens is 1. The predicted octanol–water partition coefficient (Wildman–Crippen LogP) is 3.29. The maximum Gasteiger partial charge on any atom is 0.252 e. The molecule has 0 saturated carbocycles. The molecule has 1 aliphatic carbocycles. The zero-order chi connectivity index (χ0) is 14.7. The van der Waals surface area contributed by atoms with Crippen molar-refractivity contribution in [2.45, 2.75) is 25.2 Å². The van der Waals surface area contributed by atoms with E-state index in [2.05, 4.69) is 20.9 Å². The number of amides is 1. The number of benzene rings is 1. The Balaban J connectivity index is 2.37. The summed E-state index contributed by atoms with van der Waals surface area (Å²) < 4.78 is 41.1. The van der Waals surface area contributed by atoms with Crippen LogP contribution in [0.25, 0.3) is 10.9 Å². The first kappa shape index (κ1) is 13.5. The van der Waals surface area contributed by atoms with Gasteiger partial charge in [0.15, 0.2) is 0 Å². The number of hydrogen-bond donors (Lipinski definition) is 2. The molecule has 0 atom stereocenters. The summed E-state index contributed by atoms with van der Waals surface area (Å²) >= 11 is 3.07. The van der Waals surface area contributed by atoms with Gasteiger partial charge in [0.05, 0.1) is 15.6 Å². The van der Waals surface area contributed by atoms with Gasteiger partial charge in [-0.1, -0.05) is 0 Å². The van der Waals surface area contributed by atoms with Crippen molar-refractivity contribution in [3.63, 3.8) is 0 Å². The molecule has 0 unspecified atom stereocenters. The van der Waals surface area contributed by atoms with Crippen LogP contribution in [0.2, 0.25) is 0 Å². The number of fused-ring (bicyclic) bond motifs is 3. The van der Waals surface area contributed by atoms with Gasteiger partial charge in [0.2, 0.25) is 0 Å². The molecule has 0 spiro atoms. The highest BCUT2D eigenvalue weighted by molar-refractivity contribution is 9.10. The van der Waals surface area contributed by atoms with E-state index in [-0.39, 0.29) is 28.3 Å². The first-order valence-corrected chi connectivity index (χ1v) is 6.78. The summed E-state index contributed by atoms with van der Waals surface area (Å²) in [5.74, 6) is -4.31. The molecule has 3 nitrogen and oxygen atoms in total. The van der Waals surface area contributed by atoms with E-state index in [1.54, 1.807) is 0 Å². The number of halogens is 4. The normalized spacial score (nSPS) is 17.2. The topological polar surface area (TPSA) is 58.9 Å². The smallest absolute Gasteiger partial charge is 0.252 e. The van der Waals surface area contributed by atoms with Gasteiger partial charge in [-0.3, -0.25) is 4.79 Å². The molecule has 0 bridgehead atoms. The highest BCUT2D eigenvalue weighted by Gasteiger charge is 2.37. The fourth-order valence-corrected chi connectivity index (χ4v) is 3.23. The lowest BCUT2D eigenvalue weighted by molar-refractivity contribution is -0.0121. The fraction of sp³-hybridized carbons (Fsp3) is 0.308. The van der Waals surface area contributed by atoms with Crippen LogP contribution in [0.1, 0.15) is 28.0 Å². The predicted molar refractivity (Wildman–Crippen MR) is 71.4 cm³/mol. The molecule has 1 heterocycles. The lowest BCUT2D eigenvalue weighted by atomic mass is 9.92. The quantitative estimate of drug-likeness (QED) is 0.817. The van der Waals surface area contributed by atoms with Crippen molar-refractivity contribution in [2.75, 3.05) is 0 Å². The van der Waals surface area contributed by atoms with Gasteiger partial charge in [0, 0.05) is 23.9 Å². The van der Waals surface area contributed by atoms with Crippen LogP contribution >= 0.6 is 15.9 Å². The molecule has 3 N–H and O–H groups in total. The fourth-order valence-electron chi connectivity index (χ4n) is 2.67. The standard InChI is InChI=1S/C13H10BrF3N2O/c14-10-7(15)3-5(12(18)20)11-9(10)6-4-13(16,17)2-1-8(6)19-11/h3,19H,1-2,4H2,(H2,18,20). The third kappa shape index (κ3) is 1.91. The summed E-state index contributed by atoms with van der Waals surface area (Å²) in [6.07, 6.45) is -0.579. The molecule has 7 heteroatoms. The maximum atomic E-state index is 13.9. The molecule has 20 heavy (non-hydrogen) atoms. The van der Waals surface area contributed by atoms with Crippen molar-refractivity contribution in [3.8, 4) is 0 Å². The Labute approximate surface area is 120 Å². The molecule has 1 aliphatic rings. The second-order valence-corrected chi connectivity index (χ2v) is 5.74. The molecule has 3 rings (SSSR count). The van der Waals surface area contributed by atoms with Crippen LogP contribution in [0, 0.1) is 5.82 Å². The van der Waals surface area contributed by atoms with E-state index >= 15 is 0 Å². The Hall–Kier alpha value is -1.50. The van der Waals surface area contributed by atoms with Gasteiger partial charge in [0.25, 0.3) is 11.8 Å². The van der Waals surface area contributed by atoms with Gasteiger partial charge in [-0.15, -0.1) is 0 Å². The number of nitrogens with one attached hydrogen (secondary N) is 1. The van der Waals surface area contributed by atoms with Crippen molar-refractivity contribution in [1.82, 2.24) is 4.98 Å². The third-order valence-electron chi connectivity index (χ3n) is 3.60. The number of aromatic nitrogens is 1. The van der Waals surface area contributed by atoms with Crippen LogP contribution in [0.5, 0.6) is 0 Å². The zero-order valence-electron chi connectivity index (χ0n) is 10.2. The summed E-state index contributed by atoms with van der Waals surface area (Å²) in [6.45, 7) is 0. The molecule has 0 saturated heterocycles. The summed E-state index contributed by atoms with van der Waals surface area (Å²) in [5, 5.41) is 0.285.